The lowest BCUT2D eigenvalue weighted by molar-refractivity contribution is -0.272. The second-order valence-corrected chi connectivity index (χ2v) is 21.5. The van der Waals surface area contributed by atoms with Gasteiger partial charge in [0.05, 0.1) is 68.8 Å². The molecule has 2 heterocycles. The zero-order valence-corrected chi connectivity index (χ0v) is 45.2. The summed E-state index contributed by atoms with van der Waals surface area (Å²) >= 11 is 0. The molecule has 0 spiro atoms. The first-order valence-corrected chi connectivity index (χ1v) is 25.4. The zero-order valence-electron chi connectivity index (χ0n) is 45.2. The summed E-state index contributed by atoms with van der Waals surface area (Å²) in [6, 6.07) is 37.6. The van der Waals surface area contributed by atoms with Crippen LogP contribution in [-0.2, 0) is 86.7 Å². The van der Waals surface area contributed by atoms with E-state index in [9.17, 15) is 14.4 Å². The molecule has 1 aliphatic rings. The third kappa shape index (κ3) is 17.8. The molecule has 15 heteroatoms. The number of aromatic nitrogens is 1. The van der Waals surface area contributed by atoms with Gasteiger partial charge in [0.25, 0.3) is 0 Å². The molecular formula is C60H74N2O13. The fourth-order valence-corrected chi connectivity index (χ4v) is 8.58. The summed E-state index contributed by atoms with van der Waals surface area (Å²) in [6.45, 7) is 17.8. The first-order valence-electron chi connectivity index (χ1n) is 25.4. The lowest BCUT2D eigenvalue weighted by Gasteiger charge is -2.46. The summed E-state index contributed by atoms with van der Waals surface area (Å²) in [4.78, 5) is 61.8. The van der Waals surface area contributed by atoms with Crippen molar-refractivity contribution in [3.05, 3.63) is 172 Å². The molecule has 402 valence electrons. The first-order chi connectivity index (χ1) is 35.6. The van der Waals surface area contributed by atoms with Crippen LogP contribution in [0, 0.1) is 6.92 Å². The minimum atomic E-state index is -1.47. The van der Waals surface area contributed by atoms with E-state index in [1.807, 2.05) is 121 Å². The molecule has 0 bridgehead atoms. The van der Waals surface area contributed by atoms with Crippen LogP contribution in [0.25, 0.3) is 0 Å². The molecule has 0 unspecified atom stereocenters. The van der Waals surface area contributed by atoms with Crippen LogP contribution in [0.5, 0.6) is 0 Å². The summed E-state index contributed by atoms with van der Waals surface area (Å²) in [6.07, 6.45) is -5.72. The fourth-order valence-electron chi connectivity index (χ4n) is 8.58. The van der Waals surface area contributed by atoms with Crippen molar-refractivity contribution in [3.63, 3.8) is 0 Å². The van der Waals surface area contributed by atoms with Crippen LogP contribution in [-0.4, -0.2) is 96.1 Å². The zero-order chi connectivity index (χ0) is 54.3. The van der Waals surface area contributed by atoms with Gasteiger partial charge in [0.15, 0.2) is 0 Å². The number of rotatable bonds is 21. The van der Waals surface area contributed by atoms with E-state index < -0.39 is 83.8 Å². The second kappa shape index (κ2) is 26.3. The number of ether oxygens (including phenoxy) is 9. The molecular weight excluding hydrogens is 957 g/mol. The molecule has 4 aromatic carbocycles. The Morgan fingerprint density at radius 2 is 0.973 bits per heavy atom. The minimum Gasteiger partial charge on any atom is -0.467 e. The Bertz CT molecular complexity index is 2630. The molecule has 75 heavy (non-hydrogen) atoms. The maximum Gasteiger partial charge on any atom is 0.408 e. The van der Waals surface area contributed by atoms with Crippen LogP contribution >= 0.6 is 0 Å². The van der Waals surface area contributed by atoms with Crippen molar-refractivity contribution < 1.29 is 61.8 Å². The molecule has 0 saturated carbocycles. The van der Waals surface area contributed by atoms with Crippen LogP contribution in [0.2, 0.25) is 0 Å². The van der Waals surface area contributed by atoms with Crippen molar-refractivity contribution in [2.75, 3.05) is 13.7 Å². The van der Waals surface area contributed by atoms with Gasteiger partial charge in [-0.15, -0.1) is 0 Å². The number of benzene rings is 4. The Balaban J connectivity index is 1.56. The van der Waals surface area contributed by atoms with Crippen molar-refractivity contribution in [1.29, 1.82) is 0 Å². The molecule has 0 radical (unpaired) electrons. The summed E-state index contributed by atoms with van der Waals surface area (Å²) in [5.74, 6) is -2.54. The Morgan fingerprint density at radius 3 is 1.41 bits per heavy atom. The topological polar surface area (TPSA) is 176 Å². The van der Waals surface area contributed by atoms with Crippen LogP contribution in [0.1, 0.15) is 122 Å². The predicted molar refractivity (Wildman–Crippen MR) is 282 cm³/mol. The Morgan fingerprint density at radius 1 is 0.560 bits per heavy atom. The van der Waals surface area contributed by atoms with Gasteiger partial charge in [0.1, 0.15) is 47.3 Å². The Labute approximate surface area is 441 Å². The number of pyridine rings is 1. The molecule has 1 aliphatic heterocycles. The average Bonchev–Trinajstić information content (AvgIpc) is 3.34. The monoisotopic (exact) mass is 1030 g/mol. The highest BCUT2D eigenvalue weighted by atomic mass is 16.6. The fraction of sp³-hybridized carbons (Fsp3) is 0.450. The van der Waals surface area contributed by atoms with E-state index in [2.05, 4.69) is 5.32 Å². The summed E-state index contributed by atoms with van der Waals surface area (Å²) < 4.78 is 57.5. The summed E-state index contributed by atoms with van der Waals surface area (Å²) in [5.41, 5.74) is 0.803. The normalized spacial score (nSPS) is 18.4. The van der Waals surface area contributed by atoms with Crippen LogP contribution in [0.15, 0.2) is 121 Å². The first kappa shape index (κ1) is 57.8. The lowest BCUT2D eigenvalue weighted by atomic mass is 9.87. The van der Waals surface area contributed by atoms with Gasteiger partial charge in [-0.05, 0) is 97.1 Å². The number of aryl methyl sites for hydroxylation is 1. The van der Waals surface area contributed by atoms with Crippen molar-refractivity contribution in [2.45, 2.75) is 162 Å². The average molecular weight is 1030 g/mol. The highest BCUT2D eigenvalue weighted by Crippen LogP contribution is 2.35. The van der Waals surface area contributed by atoms with Crippen molar-refractivity contribution in [1.82, 2.24) is 10.3 Å². The van der Waals surface area contributed by atoms with E-state index in [-0.39, 0.29) is 67.5 Å². The number of carbonyl (C=O) groups is 4. The van der Waals surface area contributed by atoms with Crippen molar-refractivity contribution in [2.24, 2.45) is 0 Å². The van der Waals surface area contributed by atoms with Gasteiger partial charge in [0, 0.05) is 12.8 Å². The third-order valence-corrected chi connectivity index (χ3v) is 11.7. The molecule has 6 rings (SSSR count). The maximum absolute atomic E-state index is 15.1. The van der Waals surface area contributed by atoms with Crippen molar-refractivity contribution >= 4 is 24.0 Å². The molecule has 1 saturated heterocycles. The minimum absolute atomic E-state index is 0.0220. The quantitative estimate of drug-likeness (QED) is 0.0543. The lowest BCUT2D eigenvalue weighted by Crippen LogP contribution is -2.61. The van der Waals surface area contributed by atoms with E-state index in [1.54, 1.807) is 69.2 Å². The number of methoxy groups -OCH3 is 1. The number of hydrogen-bond donors (Lipinski definition) is 1. The second-order valence-electron chi connectivity index (χ2n) is 21.5. The number of alkyl carbamates (subject to hydrolysis) is 1. The van der Waals surface area contributed by atoms with Gasteiger partial charge < -0.3 is 47.9 Å². The number of carbonyl (C=O) groups excluding carboxylic acids is 4. The highest BCUT2D eigenvalue weighted by Gasteiger charge is 2.49. The number of esters is 3. The van der Waals surface area contributed by atoms with Gasteiger partial charge >= 0.3 is 24.0 Å². The highest BCUT2D eigenvalue weighted by molar-refractivity contribution is 6.00. The number of hydrogen-bond acceptors (Lipinski definition) is 14. The maximum atomic E-state index is 15.1. The summed E-state index contributed by atoms with van der Waals surface area (Å²) in [7, 11) is 1.17. The van der Waals surface area contributed by atoms with E-state index in [4.69, 9.17) is 47.6 Å². The molecule has 1 aromatic heterocycles. The van der Waals surface area contributed by atoms with Crippen LogP contribution in [0.4, 0.5) is 4.79 Å². The predicted octanol–water partition coefficient (Wildman–Crippen LogP) is 10.2. The molecule has 5 aromatic rings. The third-order valence-electron chi connectivity index (χ3n) is 11.7. The van der Waals surface area contributed by atoms with Gasteiger partial charge in [0.2, 0.25) is 0 Å². The molecule has 1 N–H and O–H groups in total. The van der Waals surface area contributed by atoms with E-state index in [1.165, 1.54) is 7.11 Å². The Kier molecular flexibility index (Phi) is 20.3. The van der Waals surface area contributed by atoms with Gasteiger partial charge in [-0.2, -0.15) is 0 Å². The largest absolute Gasteiger partial charge is 0.467 e. The molecule has 1 fully saturated rings. The molecule has 0 aliphatic carbocycles. The number of nitrogens with one attached hydrogen (secondary N) is 1. The van der Waals surface area contributed by atoms with Crippen LogP contribution in [0.3, 0.4) is 0 Å². The van der Waals surface area contributed by atoms with Gasteiger partial charge in [-0.1, -0.05) is 121 Å². The molecule has 1 amide bonds. The molecule has 15 nitrogen and oxygen atoms in total. The van der Waals surface area contributed by atoms with E-state index in [0.29, 0.717) is 0 Å². The Hall–Kier alpha value is -6.49. The standard InChI is InChI=1S/C60H74N2O13/c1-39-49(55(64)73-58(2,3)4)44(32-46(54(63)67-11)62-57(66)75-60(8,9)10)50(56(65)74-59(5,6)7)45(61-39)33-47-51(69-35-41-26-18-13-19-27-41)53(71-37-43-30-22-15-23-31-43)52(70-36-42-28-20-14-21-29-42)48(72-47)38-68-34-40-24-16-12-17-25-40/h12-31,46-48,51-53H,32-38H2,1-11H3,(H,62,66)/t46-,47+,48+,51-,52+,53+/m0/s1. The summed E-state index contributed by atoms with van der Waals surface area (Å²) in [5, 5.41) is 2.61. The van der Waals surface area contributed by atoms with Gasteiger partial charge in [-0.25, -0.2) is 19.2 Å². The smallest absolute Gasteiger partial charge is 0.408 e. The SMILES string of the molecule is COC(=O)[C@H](Cc1c(C(=O)OC(C)(C)C)c(C)nc(C[C@H]2O[C@H](COCc3ccccc3)[C@@H](OCc3ccccc3)[C@H](OCc3ccccc3)[C@H]2OCc2ccccc2)c1C(=O)OC(C)(C)C)NC(=O)OC(C)(C)C. The molecule has 6 atom stereocenters. The van der Waals surface area contributed by atoms with Crippen LogP contribution < -0.4 is 5.32 Å². The van der Waals surface area contributed by atoms with Crippen molar-refractivity contribution in [3.8, 4) is 0 Å². The van der Waals surface area contributed by atoms with E-state index in [0.717, 1.165) is 22.3 Å². The number of amides is 1. The van der Waals surface area contributed by atoms with Gasteiger partial charge in [-0.3, -0.25) is 4.98 Å². The number of nitrogens with zero attached hydrogens (tertiary/aromatic N) is 1. The van der Waals surface area contributed by atoms with E-state index >= 15 is 4.79 Å².